The van der Waals surface area contributed by atoms with E-state index in [1.165, 1.54) is 0 Å². The van der Waals surface area contributed by atoms with Gasteiger partial charge in [-0.3, -0.25) is 4.79 Å². The Balaban J connectivity index is 1.69. The van der Waals surface area contributed by atoms with E-state index >= 15 is 0 Å². The Hall–Kier alpha value is -2.34. The molecular weight excluding hydrogens is 314 g/mol. The molecule has 1 aliphatic heterocycles. The second-order valence-electron chi connectivity index (χ2n) is 5.39. The van der Waals surface area contributed by atoms with E-state index in [0.717, 1.165) is 37.7 Å². The average Bonchev–Trinajstić information content (AvgIpc) is 2.55. The van der Waals surface area contributed by atoms with Gasteiger partial charge in [-0.2, -0.15) is 0 Å². The molecule has 0 atom stereocenters. The third-order valence-corrected chi connectivity index (χ3v) is 4.03. The van der Waals surface area contributed by atoms with Crippen LogP contribution in [0.2, 0.25) is 5.02 Å². The summed E-state index contributed by atoms with van der Waals surface area (Å²) in [6.07, 6.45) is 1.54. The summed E-state index contributed by atoms with van der Waals surface area (Å²) >= 11 is 5.99. The van der Waals surface area contributed by atoms with Gasteiger partial charge in [0.2, 0.25) is 5.91 Å². The smallest absolute Gasteiger partial charge is 0.219 e. The molecular formula is C16H18ClN5O. The number of amides is 1. The quantitative estimate of drug-likeness (QED) is 0.936. The summed E-state index contributed by atoms with van der Waals surface area (Å²) < 4.78 is 0. The molecule has 1 aromatic carbocycles. The zero-order chi connectivity index (χ0) is 16.2. The van der Waals surface area contributed by atoms with E-state index in [4.69, 9.17) is 11.6 Å². The van der Waals surface area contributed by atoms with Crippen molar-refractivity contribution in [2.45, 2.75) is 6.92 Å². The Morgan fingerprint density at radius 2 is 1.96 bits per heavy atom. The molecule has 1 aliphatic rings. The summed E-state index contributed by atoms with van der Waals surface area (Å²) in [5, 5.41) is 3.90. The molecule has 1 aromatic heterocycles. The number of benzene rings is 1. The summed E-state index contributed by atoms with van der Waals surface area (Å²) in [6.45, 7) is 4.58. The molecule has 6 nitrogen and oxygen atoms in total. The van der Waals surface area contributed by atoms with Crippen LogP contribution < -0.4 is 10.2 Å². The lowest BCUT2D eigenvalue weighted by atomic mass is 10.3. The summed E-state index contributed by atoms with van der Waals surface area (Å²) in [7, 11) is 0. The monoisotopic (exact) mass is 331 g/mol. The first-order valence-corrected chi connectivity index (χ1v) is 7.85. The van der Waals surface area contributed by atoms with Gasteiger partial charge < -0.3 is 15.1 Å². The van der Waals surface area contributed by atoms with E-state index in [1.807, 2.05) is 35.2 Å². The predicted octanol–water partition coefficient (Wildman–Crippen LogP) is 2.54. The fraction of sp³-hybridized carbons (Fsp3) is 0.312. The fourth-order valence-corrected chi connectivity index (χ4v) is 2.74. The Morgan fingerprint density at radius 1 is 1.17 bits per heavy atom. The summed E-state index contributed by atoms with van der Waals surface area (Å²) in [6, 6.07) is 9.39. The first-order valence-electron chi connectivity index (χ1n) is 7.47. The normalized spacial score (nSPS) is 14.7. The molecule has 7 heteroatoms. The number of rotatable bonds is 3. The van der Waals surface area contributed by atoms with Gasteiger partial charge in [-0.05, 0) is 18.2 Å². The van der Waals surface area contributed by atoms with Crippen molar-refractivity contribution in [3.8, 4) is 0 Å². The van der Waals surface area contributed by atoms with Crippen molar-refractivity contribution in [3.05, 3.63) is 41.7 Å². The maximum absolute atomic E-state index is 11.4. The van der Waals surface area contributed by atoms with Crippen LogP contribution >= 0.6 is 11.6 Å². The van der Waals surface area contributed by atoms with Crippen LogP contribution in [0.5, 0.6) is 0 Å². The van der Waals surface area contributed by atoms with Crippen molar-refractivity contribution < 1.29 is 4.79 Å². The lowest BCUT2D eigenvalue weighted by molar-refractivity contribution is -0.129. The number of hydrogen-bond acceptors (Lipinski definition) is 5. The van der Waals surface area contributed by atoms with Gasteiger partial charge in [0.1, 0.15) is 18.0 Å². The molecule has 1 N–H and O–H groups in total. The SMILES string of the molecule is CC(=O)N1CCN(c2cc(Nc3cccc(Cl)c3)ncn2)CC1. The molecule has 0 bridgehead atoms. The zero-order valence-corrected chi connectivity index (χ0v) is 13.6. The third kappa shape index (κ3) is 3.90. The van der Waals surface area contributed by atoms with Crippen molar-refractivity contribution in [2.24, 2.45) is 0 Å². The van der Waals surface area contributed by atoms with E-state index in [1.54, 1.807) is 13.3 Å². The van der Waals surface area contributed by atoms with Gasteiger partial charge in [-0.15, -0.1) is 0 Å². The van der Waals surface area contributed by atoms with Gasteiger partial charge in [0.15, 0.2) is 0 Å². The number of nitrogens with one attached hydrogen (secondary N) is 1. The van der Waals surface area contributed by atoms with Crippen LogP contribution in [0.25, 0.3) is 0 Å². The minimum Gasteiger partial charge on any atom is -0.353 e. The Kier molecular flexibility index (Phi) is 4.62. The topological polar surface area (TPSA) is 61.4 Å². The number of carbonyl (C=O) groups excluding carboxylic acids is 1. The van der Waals surface area contributed by atoms with Crippen LogP contribution in [0.15, 0.2) is 36.7 Å². The van der Waals surface area contributed by atoms with Crippen LogP contribution in [0.1, 0.15) is 6.92 Å². The van der Waals surface area contributed by atoms with E-state index in [0.29, 0.717) is 10.8 Å². The molecule has 0 unspecified atom stereocenters. The van der Waals surface area contributed by atoms with Crippen molar-refractivity contribution in [1.29, 1.82) is 0 Å². The standard InChI is InChI=1S/C16H18ClN5O/c1-12(23)21-5-7-22(8-6-21)16-10-15(18-11-19-16)20-14-4-2-3-13(17)9-14/h2-4,9-11H,5-8H2,1H3,(H,18,19,20). The van der Waals surface area contributed by atoms with Crippen LogP contribution in [-0.2, 0) is 4.79 Å². The number of nitrogens with zero attached hydrogens (tertiary/aromatic N) is 4. The molecule has 1 fully saturated rings. The Labute approximate surface area is 140 Å². The molecule has 1 amide bonds. The maximum atomic E-state index is 11.4. The second kappa shape index (κ2) is 6.83. The molecule has 1 saturated heterocycles. The van der Waals surface area contributed by atoms with Gasteiger partial charge in [0.25, 0.3) is 0 Å². The highest BCUT2D eigenvalue weighted by atomic mass is 35.5. The molecule has 2 heterocycles. The molecule has 0 radical (unpaired) electrons. The first kappa shape index (κ1) is 15.6. The highest BCUT2D eigenvalue weighted by Gasteiger charge is 2.19. The number of piperazine rings is 1. The number of halogens is 1. The maximum Gasteiger partial charge on any atom is 0.219 e. The zero-order valence-electron chi connectivity index (χ0n) is 12.9. The molecule has 2 aromatic rings. The van der Waals surface area contributed by atoms with Gasteiger partial charge in [0.05, 0.1) is 0 Å². The van der Waals surface area contributed by atoms with E-state index < -0.39 is 0 Å². The molecule has 0 aliphatic carbocycles. The minimum atomic E-state index is 0.121. The predicted molar refractivity (Wildman–Crippen MR) is 91.2 cm³/mol. The summed E-state index contributed by atoms with van der Waals surface area (Å²) in [5.41, 5.74) is 0.878. The molecule has 3 rings (SSSR count). The number of aromatic nitrogens is 2. The fourth-order valence-electron chi connectivity index (χ4n) is 2.55. The second-order valence-corrected chi connectivity index (χ2v) is 5.83. The highest BCUT2D eigenvalue weighted by Crippen LogP contribution is 2.21. The lowest BCUT2D eigenvalue weighted by Gasteiger charge is -2.34. The molecule has 0 saturated carbocycles. The molecule has 0 spiro atoms. The summed E-state index contributed by atoms with van der Waals surface area (Å²) in [5.74, 6) is 1.69. The van der Waals surface area contributed by atoms with E-state index in [2.05, 4.69) is 20.2 Å². The number of hydrogen-bond donors (Lipinski definition) is 1. The highest BCUT2D eigenvalue weighted by molar-refractivity contribution is 6.30. The minimum absolute atomic E-state index is 0.121. The van der Waals surface area contributed by atoms with Crippen molar-refractivity contribution >= 4 is 34.8 Å². The third-order valence-electron chi connectivity index (χ3n) is 3.80. The first-order chi connectivity index (χ1) is 11.1. The van der Waals surface area contributed by atoms with Crippen LogP contribution in [0, 0.1) is 0 Å². The Morgan fingerprint density at radius 3 is 2.65 bits per heavy atom. The van der Waals surface area contributed by atoms with Crippen molar-refractivity contribution in [1.82, 2.24) is 14.9 Å². The molecule has 120 valence electrons. The van der Waals surface area contributed by atoms with Gasteiger partial charge in [-0.25, -0.2) is 9.97 Å². The number of anilines is 3. The van der Waals surface area contributed by atoms with Crippen LogP contribution in [-0.4, -0.2) is 47.0 Å². The van der Waals surface area contributed by atoms with Crippen molar-refractivity contribution in [3.63, 3.8) is 0 Å². The lowest BCUT2D eigenvalue weighted by Crippen LogP contribution is -2.48. The largest absolute Gasteiger partial charge is 0.353 e. The van der Waals surface area contributed by atoms with E-state index in [-0.39, 0.29) is 5.91 Å². The van der Waals surface area contributed by atoms with Gasteiger partial charge >= 0.3 is 0 Å². The Bertz CT molecular complexity index is 700. The number of carbonyl (C=O) groups is 1. The summed E-state index contributed by atoms with van der Waals surface area (Å²) in [4.78, 5) is 24.0. The average molecular weight is 332 g/mol. The van der Waals surface area contributed by atoms with Gasteiger partial charge in [-0.1, -0.05) is 17.7 Å². The van der Waals surface area contributed by atoms with Crippen LogP contribution in [0.4, 0.5) is 17.3 Å². The van der Waals surface area contributed by atoms with E-state index in [9.17, 15) is 4.79 Å². The van der Waals surface area contributed by atoms with Crippen molar-refractivity contribution in [2.75, 3.05) is 36.4 Å². The van der Waals surface area contributed by atoms with Crippen LogP contribution in [0.3, 0.4) is 0 Å². The van der Waals surface area contributed by atoms with Gasteiger partial charge in [0, 0.05) is 49.9 Å². The molecule has 23 heavy (non-hydrogen) atoms.